The number of halogens is 2. The molecule has 23 heavy (non-hydrogen) atoms. The summed E-state index contributed by atoms with van der Waals surface area (Å²) in [5.74, 6) is 0.0178. The molecule has 1 atom stereocenters. The van der Waals surface area contributed by atoms with Crippen LogP contribution in [0, 0.1) is 5.82 Å². The Morgan fingerprint density at radius 2 is 2.04 bits per heavy atom. The molecule has 0 saturated heterocycles. The van der Waals surface area contributed by atoms with Crippen LogP contribution < -0.4 is 20.5 Å². The lowest BCUT2D eigenvalue weighted by Gasteiger charge is -2.22. The summed E-state index contributed by atoms with van der Waals surface area (Å²) in [6.45, 7) is 0.744. The molecule has 1 amide bonds. The summed E-state index contributed by atoms with van der Waals surface area (Å²) in [5, 5.41) is 3.14. The zero-order valence-electron chi connectivity index (χ0n) is 11.9. The minimum atomic E-state index is -0.628. The average molecular weight is 335 g/mol. The SMILES string of the molecule is Nc1cc2c(c3c1C(c1cc(F)ccc1Cl)NC3=O)OCCO2. The molecule has 0 fully saturated rings. The molecule has 7 heteroatoms. The highest BCUT2D eigenvalue weighted by Gasteiger charge is 2.38. The zero-order chi connectivity index (χ0) is 16.1. The largest absolute Gasteiger partial charge is 0.486 e. The van der Waals surface area contributed by atoms with E-state index in [2.05, 4.69) is 5.32 Å². The third kappa shape index (κ3) is 2.09. The average Bonchev–Trinajstić information content (AvgIpc) is 2.88. The van der Waals surface area contributed by atoms with Gasteiger partial charge in [-0.15, -0.1) is 0 Å². The van der Waals surface area contributed by atoms with Crippen LogP contribution in [-0.4, -0.2) is 19.1 Å². The van der Waals surface area contributed by atoms with Crippen molar-refractivity contribution in [3.63, 3.8) is 0 Å². The van der Waals surface area contributed by atoms with E-state index in [0.717, 1.165) is 0 Å². The Morgan fingerprint density at radius 1 is 1.26 bits per heavy atom. The Hall–Kier alpha value is -2.47. The van der Waals surface area contributed by atoms with Gasteiger partial charge in [-0.25, -0.2) is 4.39 Å². The van der Waals surface area contributed by atoms with Crippen LogP contribution in [0.4, 0.5) is 10.1 Å². The molecule has 2 aliphatic heterocycles. The van der Waals surface area contributed by atoms with Crippen LogP contribution >= 0.6 is 11.6 Å². The Kier molecular flexibility index (Phi) is 3.09. The highest BCUT2D eigenvalue weighted by atomic mass is 35.5. The number of hydrogen-bond donors (Lipinski definition) is 2. The van der Waals surface area contributed by atoms with Crippen LogP contribution in [0.3, 0.4) is 0 Å². The summed E-state index contributed by atoms with van der Waals surface area (Å²) in [5.41, 5.74) is 7.78. The Balaban J connectivity index is 1.93. The van der Waals surface area contributed by atoms with Crippen molar-refractivity contribution < 1.29 is 18.7 Å². The van der Waals surface area contributed by atoms with Gasteiger partial charge < -0.3 is 20.5 Å². The number of rotatable bonds is 1. The third-order valence-electron chi connectivity index (χ3n) is 3.97. The number of anilines is 1. The summed E-state index contributed by atoms with van der Waals surface area (Å²) in [6, 6.07) is 4.99. The van der Waals surface area contributed by atoms with Gasteiger partial charge in [-0.2, -0.15) is 0 Å². The highest BCUT2D eigenvalue weighted by molar-refractivity contribution is 6.31. The lowest BCUT2D eigenvalue weighted by atomic mass is 9.95. The third-order valence-corrected chi connectivity index (χ3v) is 4.31. The molecular weight excluding hydrogens is 323 g/mol. The van der Waals surface area contributed by atoms with Gasteiger partial charge in [0.05, 0.1) is 11.6 Å². The van der Waals surface area contributed by atoms with Crippen molar-refractivity contribution in [3.05, 3.63) is 51.8 Å². The maximum Gasteiger partial charge on any atom is 0.256 e. The second-order valence-electron chi connectivity index (χ2n) is 5.35. The molecule has 2 aliphatic rings. The number of amides is 1. The molecule has 0 radical (unpaired) electrons. The molecular formula is C16H12ClFN2O3. The van der Waals surface area contributed by atoms with Gasteiger partial charge in [0.25, 0.3) is 5.91 Å². The van der Waals surface area contributed by atoms with Crippen LogP contribution in [-0.2, 0) is 0 Å². The van der Waals surface area contributed by atoms with E-state index in [-0.39, 0.29) is 5.91 Å². The van der Waals surface area contributed by atoms with Gasteiger partial charge in [-0.3, -0.25) is 4.79 Å². The summed E-state index contributed by atoms with van der Waals surface area (Å²) >= 11 is 6.17. The van der Waals surface area contributed by atoms with Crippen LogP contribution in [0.1, 0.15) is 27.5 Å². The van der Waals surface area contributed by atoms with Crippen molar-refractivity contribution in [2.45, 2.75) is 6.04 Å². The Bertz CT molecular complexity index is 841. The molecule has 0 aromatic heterocycles. The minimum absolute atomic E-state index is 0.324. The highest BCUT2D eigenvalue weighted by Crippen LogP contribution is 2.47. The predicted molar refractivity (Wildman–Crippen MR) is 82.6 cm³/mol. The van der Waals surface area contributed by atoms with E-state index in [0.29, 0.717) is 52.1 Å². The van der Waals surface area contributed by atoms with Gasteiger partial charge in [-0.1, -0.05) is 11.6 Å². The van der Waals surface area contributed by atoms with Crippen molar-refractivity contribution in [3.8, 4) is 11.5 Å². The first kappa shape index (κ1) is 14.1. The molecule has 0 spiro atoms. The van der Waals surface area contributed by atoms with Gasteiger partial charge >= 0.3 is 0 Å². The van der Waals surface area contributed by atoms with E-state index in [9.17, 15) is 9.18 Å². The quantitative estimate of drug-likeness (QED) is 0.786. The van der Waals surface area contributed by atoms with Crippen molar-refractivity contribution in [2.75, 3.05) is 18.9 Å². The van der Waals surface area contributed by atoms with Crippen LogP contribution in [0.25, 0.3) is 0 Å². The van der Waals surface area contributed by atoms with Gasteiger partial charge in [0.2, 0.25) is 0 Å². The standard InChI is InChI=1S/C16H12ClFN2O3/c17-9-2-1-7(18)5-8(9)14-12-10(19)6-11-15(23-4-3-22-11)13(12)16(21)20-14/h1-2,5-6,14H,3-4,19H2,(H,20,21). The van der Waals surface area contributed by atoms with Crippen molar-refractivity contribution in [1.82, 2.24) is 5.32 Å². The van der Waals surface area contributed by atoms with E-state index in [4.69, 9.17) is 26.8 Å². The number of nitrogens with two attached hydrogens (primary N) is 1. The number of nitrogens with one attached hydrogen (secondary N) is 1. The molecule has 3 N–H and O–H groups in total. The fraction of sp³-hybridized carbons (Fsp3) is 0.188. The molecule has 0 aliphatic carbocycles. The zero-order valence-corrected chi connectivity index (χ0v) is 12.6. The first-order chi connectivity index (χ1) is 11.1. The van der Waals surface area contributed by atoms with E-state index in [1.165, 1.54) is 18.2 Å². The molecule has 2 aromatic carbocycles. The lowest BCUT2D eigenvalue weighted by Crippen LogP contribution is -2.21. The molecule has 0 saturated carbocycles. The van der Waals surface area contributed by atoms with Gasteiger partial charge in [0, 0.05) is 27.9 Å². The predicted octanol–water partition coefficient (Wildman–Crippen LogP) is 2.67. The first-order valence-electron chi connectivity index (χ1n) is 7.04. The van der Waals surface area contributed by atoms with Crippen molar-refractivity contribution in [2.24, 2.45) is 0 Å². The van der Waals surface area contributed by atoms with E-state index in [1.807, 2.05) is 0 Å². The lowest BCUT2D eigenvalue weighted by molar-refractivity contribution is 0.0951. The summed E-state index contributed by atoms with van der Waals surface area (Å²) in [7, 11) is 0. The second-order valence-corrected chi connectivity index (χ2v) is 5.76. The molecule has 1 unspecified atom stereocenters. The smallest absolute Gasteiger partial charge is 0.256 e. The summed E-state index contributed by atoms with van der Waals surface area (Å²) < 4.78 is 24.7. The maximum atomic E-state index is 13.6. The van der Waals surface area contributed by atoms with Crippen LogP contribution in [0.5, 0.6) is 11.5 Å². The van der Waals surface area contributed by atoms with E-state index < -0.39 is 11.9 Å². The van der Waals surface area contributed by atoms with Crippen LogP contribution in [0.2, 0.25) is 5.02 Å². The number of carbonyl (C=O) groups is 1. The van der Waals surface area contributed by atoms with E-state index in [1.54, 1.807) is 6.07 Å². The van der Waals surface area contributed by atoms with Crippen molar-refractivity contribution >= 4 is 23.2 Å². The molecule has 4 rings (SSSR count). The number of hydrogen-bond acceptors (Lipinski definition) is 4. The maximum absolute atomic E-state index is 13.6. The second kappa shape index (κ2) is 5.03. The number of carbonyl (C=O) groups excluding carboxylic acids is 1. The van der Waals surface area contributed by atoms with Gasteiger partial charge in [-0.05, 0) is 18.2 Å². The minimum Gasteiger partial charge on any atom is -0.486 e. The summed E-state index contributed by atoms with van der Waals surface area (Å²) in [6.07, 6.45) is 0. The number of benzene rings is 2. The first-order valence-corrected chi connectivity index (χ1v) is 7.42. The molecule has 0 bridgehead atoms. The Labute approximate surface area is 136 Å². The Morgan fingerprint density at radius 3 is 2.87 bits per heavy atom. The summed E-state index contributed by atoms with van der Waals surface area (Å²) in [4.78, 5) is 12.4. The number of nitrogen functional groups attached to an aromatic ring is 1. The monoisotopic (exact) mass is 334 g/mol. The van der Waals surface area contributed by atoms with Gasteiger partial charge in [0.15, 0.2) is 11.5 Å². The fourth-order valence-corrected chi connectivity index (χ4v) is 3.23. The fourth-order valence-electron chi connectivity index (χ4n) is 3.00. The molecule has 2 heterocycles. The molecule has 5 nitrogen and oxygen atoms in total. The number of fused-ring (bicyclic) bond motifs is 3. The van der Waals surface area contributed by atoms with Crippen molar-refractivity contribution in [1.29, 1.82) is 0 Å². The van der Waals surface area contributed by atoms with E-state index >= 15 is 0 Å². The van der Waals surface area contributed by atoms with Crippen LogP contribution in [0.15, 0.2) is 24.3 Å². The topological polar surface area (TPSA) is 73.6 Å². The number of ether oxygens (including phenoxy) is 2. The van der Waals surface area contributed by atoms with Gasteiger partial charge in [0.1, 0.15) is 19.0 Å². The molecule has 118 valence electrons. The normalized spacial score (nSPS) is 18.5. The molecule has 2 aromatic rings.